The van der Waals surface area contributed by atoms with Crippen molar-refractivity contribution in [2.24, 2.45) is 4.99 Å². The van der Waals surface area contributed by atoms with Gasteiger partial charge in [0.1, 0.15) is 11.9 Å². The van der Waals surface area contributed by atoms with E-state index in [0.29, 0.717) is 59.4 Å². The molecule has 2 atom stereocenters. The van der Waals surface area contributed by atoms with Crippen LogP contribution in [0.5, 0.6) is 0 Å². The Morgan fingerprint density at radius 3 is 2.68 bits per heavy atom. The Kier molecular flexibility index (Phi) is 9.06. The zero-order valence-electron chi connectivity index (χ0n) is 20.7. The Morgan fingerprint density at radius 1 is 1.27 bits per heavy atom. The van der Waals surface area contributed by atoms with Gasteiger partial charge in [0.05, 0.1) is 24.9 Å². The first-order valence-electron chi connectivity index (χ1n) is 11.9. The molecule has 2 unspecified atom stereocenters. The zero-order valence-corrected chi connectivity index (χ0v) is 23.1. The van der Waals surface area contributed by atoms with Crippen molar-refractivity contribution >= 4 is 45.0 Å². The van der Waals surface area contributed by atoms with Gasteiger partial charge in [0, 0.05) is 41.4 Å². The van der Waals surface area contributed by atoms with E-state index in [1.54, 1.807) is 26.1 Å². The quantitative estimate of drug-likeness (QED) is 0.462. The second kappa shape index (κ2) is 12.2. The highest BCUT2D eigenvalue weighted by Crippen LogP contribution is 2.37. The number of hydrogen-bond donors (Lipinski definition) is 1. The molecule has 4 rings (SSSR count). The number of rotatable bonds is 8. The van der Waals surface area contributed by atoms with E-state index in [9.17, 15) is 14.0 Å². The predicted octanol–water partition coefficient (Wildman–Crippen LogP) is 3.61. The van der Waals surface area contributed by atoms with Crippen LogP contribution in [0.15, 0.2) is 50.5 Å². The summed E-state index contributed by atoms with van der Waals surface area (Å²) in [5, 5.41) is 5.76. The number of aliphatic imine (C=N–C) groups is 1. The van der Waals surface area contributed by atoms with Gasteiger partial charge in [-0.25, -0.2) is 19.0 Å². The summed E-state index contributed by atoms with van der Waals surface area (Å²) in [7, 11) is 0. The van der Waals surface area contributed by atoms with Crippen molar-refractivity contribution in [1.82, 2.24) is 15.2 Å². The maximum Gasteiger partial charge on any atom is 0.347 e. The molecule has 1 aromatic heterocycles. The number of carbonyl (C=O) groups excluding carboxylic acids is 2. The van der Waals surface area contributed by atoms with Gasteiger partial charge in [-0.05, 0) is 38.5 Å². The Morgan fingerprint density at radius 2 is 2.03 bits per heavy atom. The molecular formula is C25H28BrFN4O5S. The summed E-state index contributed by atoms with van der Waals surface area (Å²) in [5.74, 6) is -1.30. The van der Waals surface area contributed by atoms with Gasteiger partial charge in [-0.3, -0.25) is 9.89 Å². The van der Waals surface area contributed by atoms with E-state index in [4.69, 9.17) is 19.2 Å². The largest absolute Gasteiger partial charge is 0.460 e. The van der Waals surface area contributed by atoms with Crippen LogP contribution in [-0.4, -0.2) is 72.7 Å². The van der Waals surface area contributed by atoms with Crippen molar-refractivity contribution in [3.8, 4) is 0 Å². The second-order valence-electron chi connectivity index (χ2n) is 8.82. The fraction of sp³-hybridized carbons (Fsp3) is 0.440. The smallest absolute Gasteiger partial charge is 0.347 e. The normalized spacial score (nSPS) is 19.3. The molecule has 1 saturated heterocycles. The molecule has 1 N–H and O–H groups in total. The van der Waals surface area contributed by atoms with Crippen LogP contribution >= 0.6 is 27.3 Å². The average Bonchev–Trinajstić information content (AvgIpc) is 3.39. The highest BCUT2D eigenvalue weighted by Gasteiger charge is 2.36. The van der Waals surface area contributed by atoms with Crippen LogP contribution in [0, 0.1) is 5.82 Å². The first kappa shape index (κ1) is 27.4. The van der Waals surface area contributed by atoms with E-state index in [-0.39, 0.29) is 11.7 Å². The summed E-state index contributed by atoms with van der Waals surface area (Å²) in [5.41, 5.74) is 1.36. The summed E-state index contributed by atoms with van der Waals surface area (Å²) in [6, 6.07) is 3.37. The summed E-state index contributed by atoms with van der Waals surface area (Å²) < 4.78 is 30.7. The Hall–Kier alpha value is -2.67. The van der Waals surface area contributed by atoms with Gasteiger partial charge in [0.15, 0.2) is 16.9 Å². The third-order valence-corrected chi connectivity index (χ3v) is 7.16. The molecule has 12 heteroatoms. The number of amidine groups is 1. The minimum absolute atomic E-state index is 0.225. The number of nitrogens with one attached hydrogen (secondary N) is 1. The van der Waals surface area contributed by atoms with Gasteiger partial charge in [-0.15, -0.1) is 11.3 Å². The number of benzene rings is 1. The second-order valence-corrected chi connectivity index (χ2v) is 10.6. The Bertz CT molecular complexity index is 1200. The lowest BCUT2D eigenvalue weighted by Gasteiger charge is -2.32. The van der Waals surface area contributed by atoms with E-state index in [2.05, 4.69) is 31.1 Å². The zero-order chi connectivity index (χ0) is 26.5. The highest BCUT2D eigenvalue weighted by atomic mass is 79.9. The van der Waals surface area contributed by atoms with Crippen LogP contribution in [0.2, 0.25) is 0 Å². The SMILES string of the molecule is CC(C)OC(=O)C(C)OC(=O)C1=C(CN2CCOCC2)NC(c2nccs2)=NC1c1ccc(F)cc1Br. The van der Waals surface area contributed by atoms with Crippen molar-refractivity contribution in [2.75, 3.05) is 32.8 Å². The average molecular weight is 595 g/mol. The van der Waals surface area contributed by atoms with Crippen molar-refractivity contribution in [2.45, 2.75) is 39.0 Å². The first-order valence-corrected chi connectivity index (χ1v) is 13.5. The van der Waals surface area contributed by atoms with Crippen LogP contribution in [0.25, 0.3) is 0 Å². The van der Waals surface area contributed by atoms with Crippen molar-refractivity contribution in [3.63, 3.8) is 0 Å². The van der Waals surface area contributed by atoms with E-state index < -0.39 is 29.9 Å². The van der Waals surface area contributed by atoms with E-state index in [1.165, 1.54) is 30.4 Å². The van der Waals surface area contributed by atoms with Gasteiger partial charge in [-0.1, -0.05) is 22.0 Å². The number of ether oxygens (including phenoxy) is 3. The molecular weight excluding hydrogens is 567 g/mol. The molecule has 0 saturated carbocycles. The van der Waals surface area contributed by atoms with Gasteiger partial charge in [-0.2, -0.15) is 0 Å². The van der Waals surface area contributed by atoms with Crippen molar-refractivity contribution < 1.29 is 28.2 Å². The molecule has 9 nitrogen and oxygen atoms in total. The van der Waals surface area contributed by atoms with Gasteiger partial charge >= 0.3 is 11.9 Å². The predicted molar refractivity (Wildman–Crippen MR) is 140 cm³/mol. The summed E-state index contributed by atoms with van der Waals surface area (Å²) >= 11 is 4.83. The van der Waals surface area contributed by atoms with Gasteiger partial charge in [0.25, 0.3) is 0 Å². The number of nitrogens with zero attached hydrogens (tertiary/aromatic N) is 3. The van der Waals surface area contributed by atoms with Crippen LogP contribution in [0.4, 0.5) is 4.39 Å². The molecule has 1 aromatic carbocycles. The lowest BCUT2D eigenvalue weighted by Crippen LogP contribution is -2.43. The van der Waals surface area contributed by atoms with E-state index >= 15 is 0 Å². The topological polar surface area (TPSA) is 102 Å². The maximum atomic E-state index is 14.0. The number of carbonyl (C=O) groups is 2. The molecule has 1 fully saturated rings. The Labute approximate surface area is 226 Å². The van der Waals surface area contributed by atoms with Crippen LogP contribution in [0.1, 0.15) is 37.4 Å². The number of thiazole rings is 1. The number of hydrogen-bond acceptors (Lipinski definition) is 10. The first-order chi connectivity index (χ1) is 17.7. The molecule has 2 aromatic rings. The monoisotopic (exact) mass is 594 g/mol. The molecule has 0 amide bonds. The molecule has 0 aliphatic carbocycles. The lowest BCUT2D eigenvalue weighted by atomic mass is 9.95. The molecule has 2 aliphatic rings. The number of halogens is 2. The minimum atomic E-state index is -1.13. The van der Waals surface area contributed by atoms with Crippen molar-refractivity contribution in [3.05, 3.63) is 61.9 Å². The molecule has 198 valence electrons. The number of aromatic nitrogens is 1. The van der Waals surface area contributed by atoms with E-state index in [1.807, 2.05) is 5.38 Å². The molecule has 0 bridgehead atoms. The lowest BCUT2D eigenvalue weighted by molar-refractivity contribution is -0.167. The Balaban J connectivity index is 1.77. The molecule has 3 heterocycles. The third kappa shape index (κ3) is 6.81. The summed E-state index contributed by atoms with van der Waals surface area (Å²) in [6.45, 7) is 7.80. The number of morpholine rings is 1. The standard InChI is InChI=1S/C25H28BrFN4O5S/c1-14(2)35-24(32)15(3)36-25(33)20-19(13-31-7-9-34-10-8-31)29-22(23-28-6-11-37-23)30-21(20)17-5-4-16(27)12-18(17)26/h4-6,11-12,14-15,21H,7-10,13H2,1-3H3,(H,29,30). The molecule has 0 radical (unpaired) electrons. The number of esters is 2. The molecule has 37 heavy (non-hydrogen) atoms. The minimum Gasteiger partial charge on any atom is -0.460 e. The van der Waals surface area contributed by atoms with Crippen LogP contribution in [-0.2, 0) is 23.8 Å². The fourth-order valence-electron chi connectivity index (χ4n) is 3.94. The van der Waals surface area contributed by atoms with Gasteiger partial charge < -0.3 is 19.5 Å². The van der Waals surface area contributed by atoms with Crippen molar-refractivity contribution in [1.29, 1.82) is 0 Å². The molecule has 2 aliphatic heterocycles. The fourth-order valence-corrected chi connectivity index (χ4v) is 5.10. The van der Waals surface area contributed by atoms with Crippen LogP contribution < -0.4 is 5.32 Å². The summed E-state index contributed by atoms with van der Waals surface area (Å²) in [6.07, 6.45) is 0.188. The third-order valence-electron chi connectivity index (χ3n) is 5.69. The highest BCUT2D eigenvalue weighted by molar-refractivity contribution is 9.10. The van der Waals surface area contributed by atoms with Crippen LogP contribution in [0.3, 0.4) is 0 Å². The molecule has 0 spiro atoms. The summed E-state index contributed by atoms with van der Waals surface area (Å²) in [4.78, 5) is 37.4. The van der Waals surface area contributed by atoms with E-state index in [0.717, 1.165) is 0 Å². The maximum absolute atomic E-state index is 14.0. The van der Waals surface area contributed by atoms with Gasteiger partial charge in [0.2, 0.25) is 0 Å².